The van der Waals surface area contributed by atoms with Crippen LogP contribution in [0.5, 0.6) is 0 Å². The SMILES string of the molecule is C[C@@H](c1ccccc1)N1CNCCNCN([C@@H](C)c2ccccc2)CNCCNC1.[Cu+2].[N-]=C=S.[N-]=C=S. The van der Waals surface area contributed by atoms with Crippen LogP contribution in [0.1, 0.15) is 37.1 Å². The summed E-state index contributed by atoms with van der Waals surface area (Å²) >= 11 is 7.40. The maximum Gasteiger partial charge on any atom is 2.00 e. The summed E-state index contributed by atoms with van der Waals surface area (Å²) in [6, 6.07) is 22.2. The molecule has 0 unspecified atom stereocenters. The first kappa shape index (κ1) is 35.3. The van der Waals surface area contributed by atoms with E-state index in [0.717, 1.165) is 52.9 Å². The van der Waals surface area contributed by atoms with Crippen molar-refractivity contribution in [2.45, 2.75) is 25.9 Å². The molecule has 0 bridgehead atoms. The normalized spacial score (nSPS) is 17.4. The fraction of sp³-hybridized carbons (Fsp3) is 0.462. The van der Waals surface area contributed by atoms with Gasteiger partial charge in [-0.25, -0.2) is 0 Å². The van der Waals surface area contributed by atoms with Crippen LogP contribution < -0.4 is 21.3 Å². The number of hydrogen-bond donors (Lipinski definition) is 4. The summed E-state index contributed by atoms with van der Waals surface area (Å²) in [5.74, 6) is 0. The standard InChI is InChI=1S/C24H38N6.2CNS.Cu/c1-21(23-9-5-3-6-10-23)29-17-25-13-15-27-19-30(20-28-16-14-26-18-29)22(2)24-11-7-4-8-12-24;2*2-1-3;/h3-12,21-22,25-28H,13-20H2,1-2H3;;;/q;2*-1;+2/t21-,22-;;;/m0.../s1. The van der Waals surface area contributed by atoms with Crippen molar-refractivity contribution in [3.63, 3.8) is 0 Å². The van der Waals surface area contributed by atoms with Crippen molar-refractivity contribution in [1.29, 1.82) is 0 Å². The zero-order valence-electron chi connectivity index (χ0n) is 21.5. The number of isothiocyanates is 2. The zero-order chi connectivity index (χ0) is 26.4. The molecule has 37 heavy (non-hydrogen) atoms. The Balaban J connectivity index is 0.00000169. The number of benzene rings is 2. The molecule has 0 aliphatic carbocycles. The van der Waals surface area contributed by atoms with Crippen LogP contribution in [0.15, 0.2) is 60.7 Å². The van der Waals surface area contributed by atoms with Gasteiger partial charge in [-0.1, -0.05) is 85.1 Å². The third-order valence-corrected chi connectivity index (χ3v) is 5.88. The van der Waals surface area contributed by atoms with Gasteiger partial charge in [0.05, 0.1) is 0 Å². The van der Waals surface area contributed by atoms with E-state index in [1.165, 1.54) is 21.4 Å². The van der Waals surface area contributed by atoms with E-state index in [2.05, 4.69) is 130 Å². The quantitative estimate of drug-likeness (QED) is 0.244. The van der Waals surface area contributed by atoms with Crippen molar-refractivity contribution in [2.75, 3.05) is 52.9 Å². The molecule has 4 N–H and O–H groups in total. The van der Waals surface area contributed by atoms with Crippen molar-refractivity contribution >= 4 is 34.8 Å². The first-order chi connectivity index (χ1) is 17.6. The smallest absolute Gasteiger partial charge is 0.753 e. The van der Waals surface area contributed by atoms with Crippen molar-refractivity contribution in [3.05, 3.63) is 82.6 Å². The van der Waals surface area contributed by atoms with Crippen LogP contribution >= 0.6 is 24.4 Å². The van der Waals surface area contributed by atoms with Crippen molar-refractivity contribution in [2.24, 2.45) is 0 Å². The molecule has 0 aromatic heterocycles. The van der Waals surface area contributed by atoms with E-state index >= 15 is 0 Å². The predicted octanol–water partition coefficient (Wildman–Crippen LogP) is 3.63. The van der Waals surface area contributed by atoms with Crippen LogP contribution in [0.3, 0.4) is 0 Å². The number of nitrogens with zero attached hydrogens (tertiary/aromatic N) is 4. The molecule has 1 aliphatic rings. The summed E-state index contributed by atoms with van der Waals surface area (Å²) in [4.78, 5) is 4.90. The van der Waals surface area contributed by atoms with Gasteiger partial charge in [-0.05, 0) is 25.0 Å². The Labute approximate surface area is 243 Å². The maximum atomic E-state index is 7.13. The molecule has 0 spiro atoms. The van der Waals surface area contributed by atoms with Gasteiger partial charge < -0.3 is 32.1 Å². The molecule has 205 valence electrons. The molecule has 2 aromatic carbocycles. The molecule has 2 atom stereocenters. The average Bonchev–Trinajstić information content (AvgIpc) is 2.91. The second-order valence-electron chi connectivity index (χ2n) is 8.17. The van der Waals surface area contributed by atoms with Gasteiger partial charge in [0, 0.05) is 64.9 Å². The molecule has 1 radical (unpaired) electrons. The van der Waals surface area contributed by atoms with Crippen molar-refractivity contribution in [3.8, 4) is 0 Å². The minimum atomic E-state index is 0. The number of nitrogens with one attached hydrogen (secondary N) is 4. The molecular weight excluding hydrogens is 552 g/mol. The molecule has 1 aliphatic heterocycles. The second-order valence-corrected chi connectivity index (χ2v) is 8.53. The van der Waals surface area contributed by atoms with E-state index < -0.39 is 0 Å². The number of thiocarbonyl (C=S) groups is 2. The third-order valence-electron chi connectivity index (χ3n) is 5.88. The first-order valence-corrected chi connectivity index (χ1v) is 12.8. The van der Waals surface area contributed by atoms with E-state index in [1.54, 1.807) is 0 Å². The average molecular weight is 590 g/mol. The molecule has 8 nitrogen and oxygen atoms in total. The first-order valence-electron chi connectivity index (χ1n) is 12.0. The zero-order valence-corrected chi connectivity index (χ0v) is 24.1. The fourth-order valence-electron chi connectivity index (χ4n) is 3.79. The van der Waals surface area contributed by atoms with Gasteiger partial charge in [0.2, 0.25) is 0 Å². The van der Waals surface area contributed by atoms with E-state index in [9.17, 15) is 0 Å². The Morgan fingerprint density at radius 1 is 0.622 bits per heavy atom. The van der Waals surface area contributed by atoms with E-state index in [4.69, 9.17) is 10.8 Å². The predicted molar refractivity (Wildman–Crippen MR) is 157 cm³/mol. The van der Waals surface area contributed by atoms with Crippen LogP contribution in [-0.4, -0.2) is 73.0 Å². The third kappa shape index (κ3) is 15.4. The largest absolute Gasteiger partial charge is 2.00 e. The van der Waals surface area contributed by atoms with Crippen LogP contribution in [0.25, 0.3) is 10.8 Å². The monoisotopic (exact) mass is 589 g/mol. The van der Waals surface area contributed by atoms with Gasteiger partial charge in [-0.15, -0.1) is 0 Å². The van der Waals surface area contributed by atoms with E-state index in [1.807, 2.05) is 0 Å². The minimum Gasteiger partial charge on any atom is -0.753 e. The minimum absolute atomic E-state index is 0. The second kappa shape index (κ2) is 23.4. The van der Waals surface area contributed by atoms with Gasteiger partial charge in [-0.2, -0.15) is 10.3 Å². The van der Waals surface area contributed by atoms with E-state index in [0.29, 0.717) is 12.1 Å². The topological polar surface area (TPSA) is 99.2 Å². The molecule has 0 saturated carbocycles. The van der Waals surface area contributed by atoms with Gasteiger partial charge in [0.1, 0.15) is 0 Å². The molecule has 3 rings (SSSR count). The van der Waals surface area contributed by atoms with Crippen LogP contribution in [-0.2, 0) is 17.1 Å². The fourth-order valence-corrected chi connectivity index (χ4v) is 3.79. The molecule has 1 saturated heterocycles. The van der Waals surface area contributed by atoms with Crippen LogP contribution in [0.2, 0.25) is 0 Å². The van der Waals surface area contributed by atoms with Gasteiger partial charge in [-0.3, -0.25) is 9.80 Å². The van der Waals surface area contributed by atoms with Gasteiger partial charge in [0.25, 0.3) is 0 Å². The van der Waals surface area contributed by atoms with Crippen molar-refractivity contribution < 1.29 is 17.1 Å². The summed E-state index contributed by atoms with van der Waals surface area (Å²) in [6.07, 6.45) is 0. The summed E-state index contributed by atoms with van der Waals surface area (Å²) in [6.45, 7) is 11.8. The van der Waals surface area contributed by atoms with Gasteiger partial charge in [0.15, 0.2) is 0 Å². The molecular formula is C26H38CuN8S2. The van der Waals surface area contributed by atoms with E-state index in [-0.39, 0.29) is 17.1 Å². The summed E-state index contributed by atoms with van der Waals surface area (Å²) < 4.78 is 0. The molecule has 2 aromatic rings. The summed E-state index contributed by atoms with van der Waals surface area (Å²) in [7, 11) is 0. The Morgan fingerprint density at radius 3 is 1.11 bits per heavy atom. The molecule has 1 heterocycles. The Morgan fingerprint density at radius 2 is 0.865 bits per heavy atom. The van der Waals surface area contributed by atoms with Gasteiger partial charge >= 0.3 is 17.1 Å². The number of rotatable bonds is 4. The Bertz CT molecular complexity index is 789. The molecule has 1 fully saturated rings. The molecule has 11 heteroatoms. The maximum absolute atomic E-state index is 7.13. The van der Waals surface area contributed by atoms with Crippen molar-refractivity contribution in [1.82, 2.24) is 31.1 Å². The Hall–Kier alpha value is -1.68. The summed E-state index contributed by atoms with van der Waals surface area (Å²) in [5.41, 5.74) is 2.70. The van der Waals surface area contributed by atoms with Crippen LogP contribution in [0.4, 0.5) is 0 Å². The number of hydrogen-bond acceptors (Lipinski definition) is 8. The summed E-state index contributed by atoms with van der Waals surface area (Å²) in [5, 5.41) is 31.4. The Kier molecular flexibility index (Phi) is 22.4. The van der Waals surface area contributed by atoms with Crippen LogP contribution in [0, 0.1) is 0 Å². The molecule has 0 amide bonds.